The summed E-state index contributed by atoms with van der Waals surface area (Å²) in [5.74, 6) is 0.652. The minimum atomic E-state index is 0.0140. The number of para-hydroxylation sites is 3. The van der Waals surface area contributed by atoms with E-state index in [2.05, 4.69) is 178 Å². The number of allylic oxidation sites excluding steroid dienone is 4. The first-order valence-corrected chi connectivity index (χ1v) is 17.4. The van der Waals surface area contributed by atoms with Crippen molar-refractivity contribution in [2.75, 3.05) is 0 Å². The Morgan fingerprint density at radius 3 is 1.92 bits per heavy atom. The lowest BCUT2D eigenvalue weighted by Gasteiger charge is -2.24. The SMILES string of the molecule is C1=CC2=[N+](c3ccccc3)c3cccc4c5ccc6c(c7ccccc7n6-c6nc(-c7ccccc7)cc(-c7ccccc7)n6)c5n(c34)C2C=C1. The summed E-state index contributed by atoms with van der Waals surface area (Å²) in [6, 6.07) is 53.6. The summed E-state index contributed by atoms with van der Waals surface area (Å²) in [7, 11) is 0. The van der Waals surface area contributed by atoms with Gasteiger partial charge in [-0.05, 0) is 18.2 Å². The van der Waals surface area contributed by atoms with E-state index >= 15 is 0 Å². The predicted octanol–water partition coefficient (Wildman–Crippen LogP) is 11.0. The van der Waals surface area contributed by atoms with Crippen molar-refractivity contribution >= 4 is 60.7 Å². The second-order valence-electron chi connectivity index (χ2n) is 13.2. The second-order valence-corrected chi connectivity index (χ2v) is 13.2. The van der Waals surface area contributed by atoms with Crippen molar-refractivity contribution in [3.8, 4) is 28.5 Å². The van der Waals surface area contributed by atoms with Gasteiger partial charge in [0.05, 0.1) is 27.9 Å². The Hall–Kier alpha value is -6.85. The van der Waals surface area contributed by atoms with Gasteiger partial charge in [-0.1, -0.05) is 133 Å². The van der Waals surface area contributed by atoms with E-state index in [1.54, 1.807) is 0 Å². The van der Waals surface area contributed by atoms with Gasteiger partial charge in [0.1, 0.15) is 11.6 Å². The number of hydrogen-bond acceptors (Lipinski definition) is 2. The van der Waals surface area contributed by atoms with Gasteiger partial charge in [-0.2, -0.15) is 4.58 Å². The lowest BCUT2D eigenvalue weighted by molar-refractivity contribution is 0.783. The molecule has 11 rings (SSSR count). The van der Waals surface area contributed by atoms with Gasteiger partial charge in [-0.25, -0.2) is 9.97 Å². The van der Waals surface area contributed by atoms with E-state index in [-0.39, 0.29) is 6.04 Å². The Morgan fingerprint density at radius 2 is 1.18 bits per heavy atom. The zero-order valence-corrected chi connectivity index (χ0v) is 27.6. The highest BCUT2D eigenvalue weighted by Gasteiger charge is 2.38. The van der Waals surface area contributed by atoms with E-state index in [0.717, 1.165) is 39.2 Å². The van der Waals surface area contributed by atoms with Crippen LogP contribution in [-0.2, 0) is 0 Å². The molecule has 0 bridgehead atoms. The van der Waals surface area contributed by atoms with Gasteiger partial charge < -0.3 is 4.57 Å². The Bertz CT molecular complexity index is 2890. The van der Waals surface area contributed by atoms with Crippen LogP contribution < -0.4 is 4.58 Å². The summed E-state index contributed by atoms with van der Waals surface area (Å²) in [5.41, 5.74) is 12.1. The average Bonchev–Trinajstić information content (AvgIpc) is 3.73. The topological polar surface area (TPSA) is 38.6 Å². The standard InChI is InChI=1S/C46H30N5/c1-4-15-30(16-5-1)36-29-37(31-17-6-2-7-18-31)48-46(47-36)50-38-23-11-10-21-35(38)43-41(50)28-27-34-33-22-14-26-42-44(33)51(45(34)43)40-25-13-12-24-39(40)49(42)32-19-8-3-9-20-32/h1-29,40H/q+1. The number of benzene rings is 6. The normalized spacial score (nSPS) is 15.0. The first-order valence-electron chi connectivity index (χ1n) is 17.4. The highest BCUT2D eigenvalue weighted by atomic mass is 15.2. The highest BCUT2D eigenvalue weighted by Crippen LogP contribution is 2.47. The molecule has 3 aromatic heterocycles. The third-order valence-corrected chi connectivity index (χ3v) is 10.4. The van der Waals surface area contributed by atoms with Crippen LogP contribution in [0.2, 0.25) is 0 Å². The maximum absolute atomic E-state index is 5.29. The zero-order chi connectivity index (χ0) is 33.5. The molecule has 0 N–H and O–H groups in total. The second kappa shape index (κ2) is 10.8. The number of rotatable bonds is 4. The molecule has 1 aliphatic carbocycles. The van der Waals surface area contributed by atoms with Crippen LogP contribution in [0.15, 0.2) is 176 Å². The molecule has 4 heterocycles. The number of hydrogen-bond donors (Lipinski definition) is 0. The maximum atomic E-state index is 5.29. The molecule has 0 fully saturated rings. The molecule has 51 heavy (non-hydrogen) atoms. The maximum Gasteiger partial charge on any atom is 0.235 e. The summed E-state index contributed by atoms with van der Waals surface area (Å²) in [5, 5.41) is 4.87. The van der Waals surface area contributed by atoms with E-state index in [9.17, 15) is 0 Å². The van der Waals surface area contributed by atoms with Crippen LogP contribution >= 0.6 is 0 Å². The van der Waals surface area contributed by atoms with Gasteiger partial charge in [0, 0.05) is 56.9 Å². The monoisotopic (exact) mass is 652 g/mol. The summed E-state index contributed by atoms with van der Waals surface area (Å²) < 4.78 is 7.26. The van der Waals surface area contributed by atoms with Gasteiger partial charge in [0.15, 0.2) is 0 Å². The molecule has 0 spiro atoms. The molecule has 6 aromatic carbocycles. The summed E-state index contributed by atoms with van der Waals surface area (Å²) >= 11 is 0. The Morgan fingerprint density at radius 1 is 0.529 bits per heavy atom. The fourth-order valence-electron chi connectivity index (χ4n) is 8.30. The summed E-state index contributed by atoms with van der Waals surface area (Å²) in [4.78, 5) is 10.6. The van der Waals surface area contributed by atoms with E-state index in [0.29, 0.717) is 5.95 Å². The van der Waals surface area contributed by atoms with Gasteiger partial charge in [0.25, 0.3) is 0 Å². The van der Waals surface area contributed by atoms with Gasteiger partial charge in [-0.15, -0.1) is 0 Å². The fourth-order valence-corrected chi connectivity index (χ4v) is 8.30. The van der Waals surface area contributed by atoms with Crippen molar-refractivity contribution in [3.05, 3.63) is 176 Å². The van der Waals surface area contributed by atoms with Crippen molar-refractivity contribution in [2.45, 2.75) is 6.04 Å². The van der Waals surface area contributed by atoms with Gasteiger partial charge in [0.2, 0.25) is 23.0 Å². The third kappa shape index (κ3) is 4.06. The zero-order valence-electron chi connectivity index (χ0n) is 27.6. The van der Waals surface area contributed by atoms with Crippen molar-refractivity contribution in [1.82, 2.24) is 23.7 Å². The molecule has 0 radical (unpaired) electrons. The lowest BCUT2D eigenvalue weighted by Crippen LogP contribution is -2.30. The quantitative estimate of drug-likeness (QED) is 0.178. The molecule has 1 atom stereocenters. The van der Waals surface area contributed by atoms with Crippen molar-refractivity contribution in [1.29, 1.82) is 0 Å². The third-order valence-electron chi connectivity index (χ3n) is 10.4. The molecular formula is C46H30N5+. The predicted molar refractivity (Wildman–Crippen MR) is 210 cm³/mol. The smallest absolute Gasteiger partial charge is 0.235 e. The van der Waals surface area contributed by atoms with Gasteiger partial charge in [-0.3, -0.25) is 4.57 Å². The lowest BCUT2D eigenvalue weighted by atomic mass is 10.0. The molecule has 238 valence electrons. The van der Waals surface area contributed by atoms with Crippen LogP contribution in [0.4, 0.5) is 11.4 Å². The molecule has 1 unspecified atom stereocenters. The van der Waals surface area contributed by atoms with Crippen LogP contribution in [0.25, 0.3) is 72.1 Å². The van der Waals surface area contributed by atoms with E-state index in [4.69, 9.17) is 9.97 Å². The van der Waals surface area contributed by atoms with Crippen LogP contribution in [0, 0.1) is 0 Å². The van der Waals surface area contributed by atoms with E-state index in [1.807, 2.05) is 12.1 Å². The van der Waals surface area contributed by atoms with Crippen LogP contribution in [-0.4, -0.2) is 24.8 Å². The molecule has 2 aliphatic rings. The molecule has 5 heteroatoms. The van der Waals surface area contributed by atoms with Crippen molar-refractivity contribution in [3.63, 3.8) is 0 Å². The highest BCUT2D eigenvalue weighted by molar-refractivity contribution is 6.28. The van der Waals surface area contributed by atoms with E-state index in [1.165, 1.54) is 44.0 Å². The Kier molecular flexibility index (Phi) is 5.95. The minimum Gasteiger partial charge on any atom is -0.317 e. The van der Waals surface area contributed by atoms with Gasteiger partial charge >= 0.3 is 0 Å². The molecule has 9 aromatic rings. The van der Waals surface area contributed by atoms with Crippen LogP contribution in [0.5, 0.6) is 0 Å². The van der Waals surface area contributed by atoms with Crippen molar-refractivity contribution in [2.24, 2.45) is 0 Å². The minimum absolute atomic E-state index is 0.0140. The Balaban J connectivity index is 1.26. The fraction of sp³-hybridized carbons (Fsp3) is 0.0217. The Labute approximate surface area is 294 Å². The summed E-state index contributed by atoms with van der Waals surface area (Å²) in [6.07, 6.45) is 8.93. The molecule has 1 aliphatic heterocycles. The molecule has 0 amide bonds. The molecule has 0 saturated heterocycles. The van der Waals surface area contributed by atoms with E-state index < -0.39 is 0 Å². The van der Waals surface area contributed by atoms with Crippen LogP contribution in [0.1, 0.15) is 6.04 Å². The number of nitrogens with zero attached hydrogens (tertiary/aromatic N) is 5. The number of aromatic nitrogens is 4. The largest absolute Gasteiger partial charge is 0.317 e. The van der Waals surface area contributed by atoms with Crippen molar-refractivity contribution < 1.29 is 0 Å². The average molecular weight is 653 g/mol. The summed E-state index contributed by atoms with van der Waals surface area (Å²) in [6.45, 7) is 0. The molecular weight excluding hydrogens is 623 g/mol. The van der Waals surface area contributed by atoms with Crippen LogP contribution in [0.3, 0.4) is 0 Å². The first-order chi connectivity index (χ1) is 25.3. The number of fused-ring (bicyclic) bond motifs is 9. The molecule has 5 nitrogen and oxygen atoms in total. The first kappa shape index (κ1) is 28.0. The molecule has 0 saturated carbocycles.